The number of nitrogens with one attached hydrogen (secondary N) is 1. The van der Waals surface area contributed by atoms with Gasteiger partial charge in [0.25, 0.3) is 0 Å². The van der Waals surface area contributed by atoms with Gasteiger partial charge in [-0.2, -0.15) is 0 Å². The van der Waals surface area contributed by atoms with Crippen LogP contribution in [-0.4, -0.2) is 36.6 Å². The van der Waals surface area contributed by atoms with Gasteiger partial charge in [-0.25, -0.2) is 4.39 Å². The normalized spacial score (nSPS) is 24.4. The molecule has 0 bridgehead atoms. The Balaban J connectivity index is 2.05. The van der Waals surface area contributed by atoms with E-state index < -0.39 is 0 Å². The monoisotopic (exact) mass is 279 g/mol. The Morgan fingerprint density at radius 3 is 2.90 bits per heavy atom. The maximum atomic E-state index is 13.3. The van der Waals surface area contributed by atoms with Crippen LogP contribution in [0.15, 0.2) is 24.3 Å². The Morgan fingerprint density at radius 1 is 1.35 bits per heavy atom. The third-order valence-electron chi connectivity index (χ3n) is 4.20. The Bertz CT molecular complexity index is 424. The van der Waals surface area contributed by atoms with Gasteiger partial charge in [-0.05, 0) is 57.0 Å². The summed E-state index contributed by atoms with van der Waals surface area (Å²) in [6.45, 7) is 6.16. The molecule has 3 nitrogen and oxygen atoms in total. The zero-order valence-corrected chi connectivity index (χ0v) is 12.4. The molecule has 1 aliphatic heterocycles. The lowest BCUT2D eigenvalue weighted by Gasteiger charge is -2.34. The maximum absolute atomic E-state index is 13.3. The van der Waals surface area contributed by atoms with Gasteiger partial charge in [-0.15, -0.1) is 0 Å². The lowest BCUT2D eigenvalue weighted by Crippen LogP contribution is -2.46. The van der Waals surface area contributed by atoms with E-state index in [2.05, 4.69) is 17.1 Å². The summed E-state index contributed by atoms with van der Waals surface area (Å²) in [5, 5.41) is 3.50. The minimum atomic E-state index is -0.205. The van der Waals surface area contributed by atoms with Crippen molar-refractivity contribution in [2.75, 3.05) is 31.5 Å². The van der Waals surface area contributed by atoms with Gasteiger partial charge in [-0.3, -0.25) is 0 Å². The van der Waals surface area contributed by atoms with E-state index in [-0.39, 0.29) is 11.4 Å². The smallest absolute Gasteiger partial charge is 0.125 e. The van der Waals surface area contributed by atoms with Crippen LogP contribution >= 0.6 is 0 Å². The predicted molar refractivity (Wildman–Crippen MR) is 82.4 cm³/mol. The Morgan fingerprint density at radius 2 is 2.20 bits per heavy atom. The quantitative estimate of drug-likeness (QED) is 0.871. The fraction of sp³-hybridized carbons (Fsp3) is 0.625. The largest absolute Gasteiger partial charge is 0.378 e. The molecule has 0 aliphatic carbocycles. The molecule has 1 saturated heterocycles. The van der Waals surface area contributed by atoms with Crippen LogP contribution in [0.2, 0.25) is 0 Å². The number of benzene rings is 1. The SMILES string of the molecule is CCCN1CCCC(CN)(Nc2cccc(F)c2)CC1. The number of nitrogens with two attached hydrogens (primary N) is 1. The molecule has 1 atom stereocenters. The molecular formula is C16H26FN3. The first-order valence-electron chi connectivity index (χ1n) is 7.64. The van der Waals surface area contributed by atoms with Crippen LogP contribution in [0.4, 0.5) is 10.1 Å². The molecule has 0 radical (unpaired) electrons. The molecule has 1 unspecified atom stereocenters. The fourth-order valence-corrected chi connectivity index (χ4v) is 3.04. The Labute approximate surface area is 121 Å². The van der Waals surface area contributed by atoms with E-state index in [9.17, 15) is 4.39 Å². The van der Waals surface area contributed by atoms with E-state index in [0.717, 1.165) is 44.6 Å². The van der Waals surface area contributed by atoms with E-state index in [1.165, 1.54) is 12.5 Å². The van der Waals surface area contributed by atoms with Gasteiger partial charge < -0.3 is 16.0 Å². The third kappa shape index (κ3) is 3.93. The molecular weight excluding hydrogens is 253 g/mol. The molecule has 1 heterocycles. The summed E-state index contributed by atoms with van der Waals surface area (Å²) in [5.41, 5.74) is 6.77. The molecule has 2 rings (SSSR count). The molecule has 0 saturated carbocycles. The van der Waals surface area contributed by atoms with Gasteiger partial charge in [0.05, 0.1) is 5.54 Å². The number of halogens is 1. The van der Waals surface area contributed by atoms with Crippen molar-refractivity contribution in [3.63, 3.8) is 0 Å². The van der Waals surface area contributed by atoms with Crippen LogP contribution < -0.4 is 11.1 Å². The zero-order chi connectivity index (χ0) is 14.4. The van der Waals surface area contributed by atoms with Crippen LogP contribution in [0.3, 0.4) is 0 Å². The van der Waals surface area contributed by atoms with Crippen molar-refractivity contribution in [1.29, 1.82) is 0 Å². The van der Waals surface area contributed by atoms with Crippen molar-refractivity contribution in [2.45, 2.75) is 38.1 Å². The Kier molecular flexibility index (Phi) is 5.38. The summed E-state index contributed by atoms with van der Waals surface area (Å²) in [6, 6.07) is 6.67. The molecule has 20 heavy (non-hydrogen) atoms. The highest BCUT2D eigenvalue weighted by molar-refractivity contribution is 5.46. The van der Waals surface area contributed by atoms with Crippen LogP contribution in [0.25, 0.3) is 0 Å². The summed E-state index contributed by atoms with van der Waals surface area (Å²) in [6.07, 6.45) is 4.38. The van der Waals surface area contributed by atoms with Crippen molar-refractivity contribution in [3.8, 4) is 0 Å². The van der Waals surface area contributed by atoms with Crippen LogP contribution in [0, 0.1) is 5.82 Å². The third-order valence-corrected chi connectivity index (χ3v) is 4.20. The topological polar surface area (TPSA) is 41.3 Å². The molecule has 1 aromatic carbocycles. The number of nitrogens with zero attached hydrogens (tertiary/aromatic N) is 1. The van der Waals surface area contributed by atoms with Crippen molar-refractivity contribution >= 4 is 5.69 Å². The highest BCUT2D eigenvalue weighted by Crippen LogP contribution is 2.26. The summed E-state index contributed by atoms with van der Waals surface area (Å²) >= 11 is 0. The highest BCUT2D eigenvalue weighted by atomic mass is 19.1. The Hall–Kier alpha value is -1.13. The number of likely N-dealkylation sites (tertiary alicyclic amines) is 1. The van der Waals surface area contributed by atoms with Crippen molar-refractivity contribution in [2.24, 2.45) is 5.73 Å². The first kappa shape index (κ1) is 15.3. The fourth-order valence-electron chi connectivity index (χ4n) is 3.04. The van der Waals surface area contributed by atoms with Gasteiger partial charge in [0.2, 0.25) is 0 Å². The molecule has 3 N–H and O–H groups in total. The van der Waals surface area contributed by atoms with Crippen LogP contribution in [0.5, 0.6) is 0 Å². The maximum Gasteiger partial charge on any atom is 0.125 e. The van der Waals surface area contributed by atoms with E-state index in [4.69, 9.17) is 5.73 Å². The number of anilines is 1. The summed E-state index contributed by atoms with van der Waals surface area (Å²) < 4.78 is 13.3. The molecule has 1 aromatic rings. The number of rotatable bonds is 5. The summed E-state index contributed by atoms with van der Waals surface area (Å²) in [4.78, 5) is 2.50. The minimum Gasteiger partial charge on any atom is -0.378 e. The second kappa shape index (κ2) is 7.04. The van der Waals surface area contributed by atoms with E-state index in [1.807, 2.05) is 6.07 Å². The number of hydrogen-bond donors (Lipinski definition) is 2. The van der Waals surface area contributed by atoms with Gasteiger partial charge >= 0.3 is 0 Å². The zero-order valence-electron chi connectivity index (χ0n) is 12.4. The summed E-state index contributed by atoms with van der Waals surface area (Å²) in [5.74, 6) is -0.205. The van der Waals surface area contributed by atoms with Crippen molar-refractivity contribution in [1.82, 2.24) is 4.90 Å². The first-order chi connectivity index (χ1) is 9.67. The second-order valence-electron chi connectivity index (χ2n) is 5.81. The standard InChI is InChI=1S/C16H26FN3/c1-2-9-20-10-4-7-16(13-18,8-11-20)19-15-6-3-5-14(17)12-15/h3,5-6,12,19H,2,4,7-11,13,18H2,1H3. The number of hydrogen-bond acceptors (Lipinski definition) is 3. The average molecular weight is 279 g/mol. The molecule has 0 aromatic heterocycles. The van der Waals surface area contributed by atoms with Crippen LogP contribution in [0.1, 0.15) is 32.6 Å². The summed E-state index contributed by atoms with van der Waals surface area (Å²) in [7, 11) is 0. The highest BCUT2D eigenvalue weighted by Gasteiger charge is 2.31. The molecule has 4 heteroatoms. The first-order valence-corrected chi connectivity index (χ1v) is 7.64. The van der Waals surface area contributed by atoms with Gasteiger partial charge in [0.1, 0.15) is 5.82 Å². The van der Waals surface area contributed by atoms with E-state index in [1.54, 1.807) is 12.1 Å². The molecule has 0 amide bonds. The van der Waals surface area contributed by atoms with Crippen molar-refractivity contribution < 1.29 is 4.39 Å². The second-order valence-corrected chi connectivity index (χ2v) is 5.81. The average Bonchev–Trinajstić information content (AvgIpc) is 2.63. The molecule has 1 aliphatic rings. The predicted octanol–water partition coefficient (Wildman–Crippen LogP) is 2.83. The molecule has 0 spiro atoms. The van der Waals surface area contributed by atoms with E-state index in [0.29, 0.717) is 6.54 Å². The van der Waals surface area contributed by atoms with Gasteiger partial charge in [0, 0.05) is 18.8 Å². The van der Waals surface area contributed by atoms with E-state index >= 15 is 0 Å². The lowest BCUT2D eigenvalue weighted by atomic mass is 9.90. The minimum absolute atomic E-state index is 0.101. The van der Waals surface area contributed by atoms with Gasteiger partial charge in [-0.1, -0.05) is 13.0 Å². The molecule has 112 valence electrons. The van der Waals surface area contributed by atoms with Crippen LogP contribution in [-0.2, 0) is 0 Å². The lowest BCUT2D eigenvalue weighted by molar-refractivity contribution is 0.279. The molecule has 1 fully saturated rings. The van der Waals surface area contributed by atoms with Crippen molar-refractivity contribution in [3.05, 3.63) is 30.1 Å². The van der Waals surface area contributed by atoms with Gasteiger partial charge in [0.15, 0.2) is 0 Å².